The molecule has 3 aromatic rings. The molecule has 2 aliphatic heterocycles. The van der Waals surface area contributed by atoms with Crippen molar-refractivity contribution < 1.29 is 4.79 Å². The lowest BCUT2D eigenvalue weighted by Crippen LogP contribution is -1.96. The number of rotatable bonds is 13. The molecular weight excluding hydrogens is 516 g/mol. The van der Waals surface area contributed by atoms with Crippen LogP contribution in [0, 0.1) is 0 Å². The van der Waals surface area contributed by atoms with E-state index in [1.807, 2.05) is 6.07 Å². The van der Waals surface area contributed by atoms with Gasteiger partial charge in [-0.2, -0.15) is 0 Å². The first-order valence-corrected chi connectivity index (χ1v) is 16.2. The van der Waals surface area contributed by atoms with Crippen LogP contribution in [0.1, 0.15) is 134 Å². The van der Waals surface area contributed by atoms with Gasteiger partial charge in [0.2, 0.25) is 0 Å². The fraction of sp³-hybridized carbons (Fsp3) is 0.432. The Morgan fingerprint density at radius 3 is 1.40 bits per heavy atom. The molecule has 5 heterocycles. The first-order chi connectivity index (χ1) is 20.6. The van der Waals surface area contributed by atoms with Gasteiger partial charge in [0.05, 0.1) is 28.3 Å². The van der Waals surface area contributed by atoms with Crippen molar-refractivity contribution in [1.82, 2.24) is 19.9 Å². The van der Waals surface area contributed by atoms with Crippen molar-refractivity contribution in [2.45, 2.75) is 105 Å². The summed E-state index contributed by atoms with van der Waals surface area (Å²) in [5.74, 6) is 0. The molecule has 5 heteroatoms. The van der Waals surface area contributed by atoms with Gasteiger partial charge in [-0.05, 0) is 93.9 Å². The minimum Gasteiger partial charge on any atom is -0.355 e. The predicted octanol–water partition coefficient (Wildman–Crippen LogP) is 9.84. The van der Waals surface area contributed by atoms with E-state index in [2.05, 4.69) is 74.1 Å². The van der Waals surface area contributed by atoms with Gasteiger partial charge in [0.15, 0.2) is 6.29 Å². The van der Waals surface area contributed by atoms with Crippen LogP contribution in [-0.4, -0.2) is 26.2 Å². The summed E-state index contributed by atoms with van der Waals surface area (Å²) in [4.78, 5) is 30.5. The number of aldehydes is 1. The number of unbranched alkanes of at least 4 members (excludes halogenated alkanes) is 4. The highest BCUT2D eigenvalue weighted by Crippen LogP contribution is 2.30. The highest BCUT2D eigenvalue weighted by molar-refractivity contribution is 5.93. The molecule has 8 bridgehead atoms. The van der Waals surface area contributed by atoms with Gasteiger partial charge in [-0.3, -0.25) is 4.79 Å². The van der Waals surface area contributed by atoms with E-state index >= 15 is 0 Å². The maximum absolute atomic E-state index is 12.5. The van der Waals surface area contributed by atoms with E-state index < -0.39 is 0 Å². The third-order valence-electron chi connectivity index (χ3n) is 8.58. The minimum absolute atomic E-state index is 0.699. The summed E-state index contributed by atoms with van der Waals surface area (Å²) in [7, 11) is 0. The average molecular weight is 563 g/mol. The molecule has 0 aliphatic carbocycles. The Balaban J connectivity index is 1.94. The second kappa shape index (κ2) is 14.0. The lowest BCUT2D eigenvalue weighted by atomic mass is 10.0. The zero-order valence-corrected chi connectivity index (χ0v) is 25.9. The standard InChI is InChI=1S/C37H46N4O/c1-5-9-13-26-30-17-18-31(38-30)27(14-10-6-2)33-21-22-35(40-33)29(16-12-8-4)37-25(24-42)23-36(41-37)28(15-11-7-3)34-20-19-32(26)39-34/h17-24,38,41H,5-16H2,1-4H3. The Labute approximate surface area is 250 Å². The van der Waals surface area contributed by atoms with Crippen molar-refractivity contribution in [3.8, 4) is 0 Å². The van der Waals surface area contributed by atoms with E-state index in [0.29, 0.717) is 5.56 Å². The number of aromatic amines is 2. The summed E-state index contributed by atoms with van der Waals surface area (Å²) < 4.78 is 0. The van der Waals surface area contributed by atoms with E-state index in [1.165, 1.54) is 16.7 Å². The third-order valence-corrected chi connectivity index (χ3v) is 8.58. The van der Waals surface area contributed by atoms with Crippen LogP contribution in [0.25, 0.3) is 46.4 Å². The number of nitrogens with one attached hydrogen (secondary N) is 2. The monoisotopic (exact) mass is 562 g/mol. The van der Waals surface area contributed by atoms with Crippen LogP contribution < -0.4 is 0 Å². The van der Waals surface area contributed by atoms with Crippen LogP contribution in [0.4, 0.5) is 0 Å². The van der Waals surface area contributed by atoms with E-state index in [1.54, 1.807) is 0 Å². The number of carbonyl (C=O) groups is 1. The van der Waals surface area contributed by atoms with Crippen molar-refractivity contribution in [2.24, 2.45) is 0 Å². The van der Waals surface area contributed by atoms with Crippen LogP contribution in [0.5, 0.6) is 0 Å². The summed E-state index contributed by atoms with van der Waals surface area (Å²) >= 11 is 0. The number of H-pyrrole nitrogens is 2. The fourth-order valence-corrected chi connectivity index (χ4v) is 6.12. The van der Waals surface area contributed by atoms with Gasteiger partial charge in [-0.1, -0.05) is 53.4 Å². The average Bonchev–Trinajstić information content (AvgIpc) is 3.82. The molecular formula is C37H46N4O. The SMILES string of the molecule is CCCCc1c2nc(c(CCCC)c3cc(C=O)c([nH]3)c(CCCC)c3nc(c(CCCC)c4ccc1[nH]4)C=C3)C=C2. The molecule has 0 saturated heterocycles. The molecule has 0 unspecified atom stereocenters. The fourth-order valence-electron chi connectivity index (χ4n) is 6.12. The first-order valence-electron chi connectivity index (χ1n) is 16.2. The molecule has 0 spiro atoms. The number of carbonyl (C=O) groups excluding carboxylic acids is 1. The van der Waals surface area contributed by atoms with E-state index in [0.717, 1.165) is 134 Å². The third kappa shape index (κ3) is 6.21. The Kier molecular flexibility index (Phi) is 9.89. The van der Waals surface area contributed by atoms with Crippen molar-refractivity contribution >= 4 is 52.7 Å². The van der Waals surface area contributed by atoms with Gasteiger partial charge in [0, 0.05) is 44.4 Å². The van der Waals surface area contributed by atoms with Gasteiger partial charge < -0.3 is 9.97 Å². The molecule has 2 N–H and O–H groups in total. The Morgan fingerprint density at radius 2 is 0.976 bits per heavy atom. The Morgan fingerprint density at radius 1 is 0.571 bits per heavy atom. The highest BCUT2D eigenvalue weighted by Gasteiger charge is 2.17. The number of hydrogen-bond acceptors (Lipinski definition) is 3. The molecule has 42 heavy (non-hydrogen) atoms. The number of fused-ring (bicyclic) bond motifs is 8. The smallest absolute Gasteiger partial charge is 0.152 e. The highest BCUT2D eigenvalue weighted by atomic mass is 16.1. The molecule has 220 valence electrons. The molecule has 0 radical (unpaired) electrons. The largest absolute Gasteiger partial charge is 0.355 e. The lowest BCUT2D eigenvalue weighted by molar-refractivity contribution is 0.112. The minimum atomic E-state index is 0.699. The van der Waals surface area contributed by atoms with Crippen molar-refractivity contribution in [3.63, 3.8) is 0 Å². The van der Waals surface area contributed by atoms with Crippen LogP contribution in [0.3, 0.4) is 0 Å². The first kappa shape index (κ1) is 29.8. The molecule has 5 nitrogen and oxygen atoms in total. The van der Waals surface area contributed by atoms with Crippen molar-refractivity contribution in [1.29, 1.82) is 0 Å². The van der Waals surface area contributed by atoms with Crippen molar-refractivity contribution in [3.05, 3.63) is 68.8 Å². The molecule has 0 fully saturated rings. The topological polar surface area (TPSA) is 74.4 Å². The zero-order valence-electron chi connectivity index (χ0n) is 25.9. The summed E-state index contributed by atoms with van der Waals surface area (Å²) in [5.41, 5.74) is 13.7. The van der Waals surface area contributed by atoms with Gasteiger partial charge in [0.1, 0.15) is 0 Å². The Hall–Kier alpha value is -3.73. The maximum Gasteiger partial charge on any atom is 0.152 e. The lowest BCUT2D eigenvalue weighted by Gasteiger charge is -2.05. The molecule has 0 aromatic carbocycles. The van der Waals surface area contributed by atoms with E-state index in [4.69, 9.17) is 9.97 Å². The molecule has 0 saturated carbocycles. The summed E-state index contributed by atoms with van der Waals surface area (Å²) in [6.07, 6.45) is 22.1. The van der Waals surface area contributed by atoms with Crippen LogP contribution in [-0.2, 0) is 25.7 Å². The Bertz CT molecular complexity index is 1650. The van der Waals surface area contributed by atoms with Crippen molar-refractivity contribution in [2.75, 3.05) is 0 Å². The van der Waals surface area contributed by atoms with E-state index in [9.17, 15) is 4.79 Å². The maximum atomic E-state index is 12.5. The van der Waals surface area contributed by atoms with Gasteiger partial charge in [-0.25, -0.2) is 9.97 Å². The van der Waals surface area contributed by atoms with E-state index in [-0.39, 0.29) is 0 Å². The second-order valence-corrected chi connectivity index (χ2v) is 11.7. The molecule has 2 aliphatic rings. The molecule has 0 amide bonds. The molecule has 0 atom stereocenters. The summed E-state index contributed by atoms with van der Waals surface area (Å²) in [6, 6.07) is 6.49. The number of nitrogens with zero attached hydrogens (tertiary/aromatic N) is 2. The summed E-state index contributed by atoms with van der Waals surface area (Å²) in [5, 5.41) is 0. The van der Waals surface area contributed by atoms with Crippen LogP contribution >= 0.6 is 0 Å². The normalized spacial score (nSPS) is 12.4. The van der Waals surface area contributed by atoms with Gasteiger partial charge >= 0.3 is 0 Å². The quantitative estimate of drug-likeness (QED) is 0.140. The second-order valence-electron chi connectivity index (χ2n) is 11.7. The van der Waals surface area contributed by atoms with Gasteiger partial charge in [-0.15, -0.1) is 0 Å². The van der Waals surface area contributed by atoms with Crippen LogP contribution in [0.15, 0.2) is 18.2 Å². The number of hydrogen-bond donors (Lipinski definition) is 2. The van der Waals surface area contributed by atoms with Crippen LogP contribution in [0.2, 0.25) is 0 Å². The zero-order chi connectivity index (χ0) is 29.5. The predicted molar refractivity (Wildman–Crippen MR) is 179 cm³/mol. The molecule has 5 rings (SSSR count). The summed E-state index contributed by atoms with van der Waals surface area (Å²) in [6.45, 7) is 8.91. The van der Waals surface area contributed by atoms with Gasteiger partial charge in [0.25, 0.3) is 0 Å². The number of aryl methyl sites for hydroxylation is 4. The molecule has 3 aromatic heterocycles. The number of aromatic nitrogens is 4.